The first kappa shape index (κ1) is 26.4. The van der Waals surface area contributed by atoms with Crippen LogP contribution in [0.15, 0.2) is 17.1 Å². The smallest absolute Gasteiger partial charge is 0.233 e. The molecule has 33 heavy (non-hydrogen) atoms. The molecular formula is C24H41IN6O2. The number of likely N-dealkylation sites (N-methyl/N-ethyl adjacent to an activating group) is 1. The van der Waals surface area contributed by atoms with Gasteiger partial charge in [-0.2, -0.15) is 0 Å². The van der Waals surface area contributed by atoms with E-state index in [1.807, 2.05) is 0 Å². The molecule has 2 aliphatic carbocycles. The van der Waals surface area contributed by atoms with E-state index in [1.54, 1.807) is 7.05 Å². The maximum atomic E-state index is 12.8. The summed E-state index contributed by atoms with van der Waals surface area (Å²) in [4.78, 5) is 36.4. The number of nitrogens with zero attached hydrogens (tertiary/aromatic N) is 4. The van der Waals surface area contributed by atoms with Gasteiger partial charge in [-0.3, -0.25) is 19.5 Å². The molecule has 0 aromatic carbocycles. The predicted molar refractivity (Wildman–Crippen MR) is 142 cm³/mol. The number of rotatable bonds is 9. The maximum Gasteiger partial charge on any atom is 0.233 e. The first-order valence-corrected chi connectivity index (χ1v) is 12.4. The van der Waals surface area contributed by atoms with Crippen molar-refractivity contribution in [2.75, 3.05) is 66.0 Å². The van der Waals surface area contributed by atoms with Crippen LogP contribution in [0.1, 0.15) is 26.7 Å². The van der Waals surface area contributed by atoms with Gasteiger partial charge in [0.05, 0.1) is 11.8 Å². The van der Waals surface area contributed by atoms with E-state index >= 15 is 0 Å². The average Bonchev–Trinajstić information content (AvgIpc) is 3.48. The molecule has 5 atom stereocenters. The number of hydrogen-bond donors (Lipinski definition) is 2. The van der Waals surface area contributed by atoms with Crippen LogP contribution in [0.3, 0.4) is 0 Å². The quantitative estimate of drug-likeness (QED) is 0.108. The van der Waals surface area contributed by atoms with Crippen LogP contribution in [-0.4, -0.2) is 98.4 Å². The van der Waals surface area contributed by atoms with Gasteiger partial charge in [0, 0.05) is 59.4 Å². The Balaban J connectivity index is 0.00000306. The summed E-state index contributed by atoms with van der Waals surface area (Å²) < 4.78 is 0. The Kier molecular flexibility index (Phi) is 9.58. The lowest BCUT2D eigenvalue weighted by Crippen LogP contribution is -2.48. The van der Waals surface area contributed by atoms with Crippen LogP contribution >= 0.6 is 24.0 Å². The molecule has 9 heteroatoms. The standard InChI is InChI=1S/C24H40N6O2.HI/c1-4-28-10-12-29(13-11-28)16-17(2)15-27-24(25-3)26-8-5-9-30-22(31)20-18-6-7-19(14-18)21(20)23(30)32;/h6-7,17-21H,4-5,8-16H2,1-3H3,(H2,25,26,27);1H. The number of allylic oxidation sites excluding steroid dienone is 2. The Morgan fingerprint density at radius 3 is 2.24 bits per heavy atom. The Hall–Kier alpha value is -1.20. The van der Waals surface area contributed by atoms with E-state index < -0.39 is 0 Å². The van der Waals surface area contributed by atoms with E-state index in [9.17, 15) is 9.59 Å². The minimum atomic E-state index is -0.0914. The van der Waals surface area contributed by atoms with Crippen molar-refractivity contribution in [3.8, 4) is 0 Å². The summed E-state index contributed by atoms with van der Waals surface area (Å²) >= 11 is 0. The zero-order valence-electron chi connectivity index (χ0n) is 20.3. The number of nitrogens with one attached hydrogen (secondary N) is 2. The van der Waals surface area contributed by atoms with Crippen LogP contribution in [0, 0.1) is 29.6 Å². The van der Waals surface area contributed by atoms with Crippen LogP contribution in [0.5, 0.6) is 0 Å². The summed E-state index contributed by atoms with van der Waals surface area (Å²) in [5.74, 6) is 1.80. The first-order chi connectivity index (χ1) is 15.5. The fourth-order valence-electron chi connectivity index (χ4n) is 5.91. The van der Waals surface area contributed by atoms with Gasteiger partial charge in [-0.05, 0) is 37.1 Å². The van der Waals surface area contributed by atoms with Crippen molar-refractivity contribution in [2.45, 2.75) is 26.7 Å². The molecular weight excluding hydrogens is 531 g/mol. The van der Waals surface area contributed by atoms with Crippen LogP contribution in [-0.2, 0) is 9.59 Å². The monoisotopic (exact) mass is 572 g/mol. The zero-order chi connectivity index (χ0) is 22.7. The molecule has 2 bridgehead atoms. The Bertz CT molecular complexity index is 721. The molecule has 4 aliphatic rings. The highest BCUT2D eigenvalue weighted by atomic mass is 127. The number of guanidine groups is 1. The molecule has 8 nitrogen and oxygen atoms in total. The summed E-state index contributed by atoms with van der Waals surface area (Å²) in [5, 5.41) is 6.76. The number of fused-ring (bicyclic) bond motifs is 5. The van der Waals surface area contributed by atoms with Crippen LogP contribution in [0.4, 0.5) is 0 Å². The number of likely N-dealkylation sites (tertiary alicyclic amines) is 1. The van der Waals surface area contributed by atoms with Crippen molar-refractivity contribution in [1.29, 1.82) is 0 Å². The molecule has 0 spiro atoms. The van der Waals surface area contributed by atoms with E-state index in [1.165, 1.54) is 18.0 Å². The highest BCUT2D eigenvalue weighted by molar-refractivity contribution is 14.0. The summed E-state index contributed by atoms with van der Waals surface area (Å²) in [6, 6.07) is 0. The molecule has 1 saturated carbocycles. The second-order valence-corrected chi connectivity index (χ2v) is 9.90. The molecule has 2 aliphatic heterocycles. The van der Waals surface area contributed by atoms with E-state index in [-0.39, 0.29) is 59.5 Å². The third-order valence-corrected chi connectivity index (χ3v) is 7.74. The third-order valence-electron chi connectivity index (χ3n) is 7.74. The third kappa shape index (κ3) is 5.90. The number of aliphatic imine (C=N–C) groups is 1. The second-order valence-electron chi connectivity index (χ2n) is 9.90. The summed E-state index contributed by atoms with van der Waals surface area (Å²) in [6.45, 7) is 13.4. The van der Waals surface area contributed by atoms with Crippen molar-refractivity contribution in [1.82, 2.24) is 25.3 Å². The summed E-state index contributed by atoms with van der Waals surface area (Å²) in [5.41, 5.74) is 0. The molecule has 186 valence electrons. The minimum Gasteiger partial charge on any atom is -0.356 e. The normalized spacial score (nSPS) is 30.5. The highest BCUT2D eigenvalue weighted by Crippen LogP contribution is 2.52. The van der Waals surface area contributed by atoms with Crippen molar-refractivity contribution in [2.24, 2.45) is 34.6 Å². The van der Waals surface area contributed by atoms with Gasteiger partial charge in [-0.1, -0.05) is 26.0 Å². The number of piperazine rings is 1. The second kappa shape index (κ2) is 12.0. The van der Waals surface area contributed by atoms with Crippen molar-refractivity contribution >= 4 is 41.8 Å². The van der Waals surface area contributed by atoms with Gasteiger partial charge in [0.15, 0.2) is 5.96 Å². The van der Waals surface area contributed by atoms with Crippen LogP contribution in [0.25, 0.3) is 0 Å². The van der Waals surface area contributed by atoms with Crippen molar-refractivity contribution < 1.29 is 9.59 Å². The first-order valence-electron chi connectivity index (χ1n) is 12.4. The minimum absolute atomic E-state index is 0. The molecule has 3 fully saturated rings. The molecule has 2 amide bonds. The van der Waals surface area contributed by atoms with E-state index in [0.29, 0.717) is 19.0 Å². The number of amides is 2. The van der Waals surface area contributed by atoms with Gasteiger partial charge < -0.3 is 20.4 Å². The molecule has 2 heterocycles. The fourth-order valence-corrected chi connectivity index (χ4v) is 5.91. The zero-order valence-corrected chi connectivity index (χ0v) is 22.7. The highest BCUT2D eigenvalue weighted by Gasteiger charge is 2.58. The van der Waals surface area contributed by atoms with E-state index in [2.05, 4.69) is 51.4 Å². The molecule has 0 aromatic rings. The van der Waals surface area contributed by atoms with Gasteiger partial charge in [0.2, 0.25) is 11.8 Å². The summed E-state index contributed by atoms with van der Waals surface area (Å²) in [7, 11) is 1.78. The van der Waals surface area contributed by atoms with E-state index in [4.69, 9.17) is 0 Å². The van der Waals surface area contributed by atoms with Crippen molar-refractivity contribution in [3.63, 3.8) is 0 Å². The van der Waals surface area contributed by atoms with Crippen LogP contribution < -0.4 is 10.6 Å². The predicted octanol–water partition coefficient (Wildman–Crippen LogP) is 1.24. The van der Waals surface area contributed by atoms with Gasteiger partial charge in [0.25, 0.3) is 0 Å². The molecule has 2 saturated heterocycles. The Labute approximate surface area is 215 Å². The summed E-state index contributed by atoms with van der Waals surface area (Å²) in [6.07, 6.45) is 6.00. The lowest BCUT2D eigenvalue weighted by molar-refractivity contribution is -0.140. The van der Waals surface area contributed by atoms with Gasteiger partial charge in [-0.25, -0.2) is 0 Å². The average molecular weight is 573 g/mol. The number of carbonyl (C=O) groups is 2. The topological polar surface area (TPSA) is 80.3 Å². The number of hydrogen-bond acceptors (Lipinski definition) is 5. The SMILES string of the molecule is CCN1CCN(CC(C)CNC(=NC)NCCCN2C(=O)C3C4C=CC(C4)C3C2=O)CC1.I. The molecule has 5 unspecified atom stereocenters. The van der Waals surface area contributed by atoms with Gasteiger partial charge in [0.1, 0.15) is 0 Å². The van der Waals surface area contributed by atoms with Crippen molar-refractivity contribution in [3.05, 3.63) is 12.2 Å². The van der Waals surface area contributed by atoms with Crippen LogP contribution in [0.2, 0.25) is 0 Å². The molecule has 4 rings (SSSR count). The largest absolute Gasteiger partial charge is 0.356 e. The molecule has 0 aromatic heterocycles. The lowest BCUT2D eigenvalue weighted by Gasteiger charge is -2.35. The number of halogens is 1. The molecule has 0 radical (unpaired) electrons. The molecule has 2 N–H and O–H groups in total. The fraction of sp³-hybridized carbons (Fsp3) is 0.792. The Morgan fingerprint density at radius 2 is 1.67 bits per heavy atom. The van der Waals surface area contributed by atoms with E-state index in [0.717, 1.165) is 51.5 Å². The maximum absolute atomic E-state index is 12.8. The van der Waals surface area contributed by atoms with Gasteiger partial charge >= 0.3 is 0 Å². The number of imide groups is 1. The van der Waals surface area contributed by atoms with Gasteiger partial charge in [-0.15, -0.1) is 24.0 Å². The Morgan fingerprint density at radius 1 is 1.06 bits per heavy atom. The number of carbonyl (C=O) groups excluding carboxylic acids is 2. The lowest BCUT2D eigenvalue weighted by atomic mass is 9.85.